The predicted molar refractivity (Wildman–Crippen MR) is 61.8 cm³/mol. The molecule has 0 amide bonds. The molecule has 4 heteroatoms. The summed E-state index contributed by atoms with van der Waals surface area (Å²) in [6, 6.07) is 7.84. The Morgan fingerprint density at radius 3 is 2.88 bits per heavy atom. The van der Waals surface area contributed by atoms with E-state index in [2.05, 4.69) is 4.98 Å². The van der Waals surface area contributed by atoms with Gasteiger partial charge in [0.1, 0.15) is 5.75 Å². The number of benzene rings is 1. The maximum Gasteiger partial charge on any atom is 0.325 e. The Kier molecular flexibility index (Phi) is 3.10. The van der Waals surface area contributed by atoms with E-state index in [1.165, 1.54) is 0 Å². The van der Waals surface area contributed by atoms with E-state index in [1.807, 2.05) is 24.3 Å². The largest absolute Gasteiger partial charge is 0.496 e. The highest BCUT2D eigenvalue weighted by molar-refractivity contribution is 5.33. The quantitative estimate of drug-likeness (QED) is 0.843. The normalized spacial score (nSPS) is 10.3. The summed E-state index contributed by atoms with van der Waals surface area (Å²) < 4.78 is 6.90. The zero-order chi connectivity index (χ0) is 11.4. The first kappa shape index (κ1) is 10.5. The fourth-order valence-corrected chi connectivity index (χ4v) is 1.68. The van der Waals surface area contributed by atoms with Crippen LogP contribution in [0.5, 0.6) is 5.75 Å². The third-order valence-electron chi connectivity index (χ3n) is 2.54. The first-order chi connectivity index (χ1) is 7.81. The maximum absolute atomic E-state index is 11.3. The second-order valence-corrected chi connectivity index (χ2v) is 3.52. The number of methoxy groups -OCH3 is 1. The molecule has 2 rings (SSSR count). The molecule has 16 heavy (non-hydrogen) atoms. The number of H-pyrrole nitrogens is 1. The van der Waals surface area contributed by atoms with Gasteiger partial charge in [-0.25, -0.2) is 4.79 Å². The van der Waals surface area contributed by atoms with Crippen molar-refractivity contribution in [3.05, 3.63) is 52.7 Å². The summed E-state index contributed by atoms with van der Waals surface area (Å²) in [4.78, 5) is 13.9. The van der Waals surface area contributed by atoms with Gasteiger partial charge in [0.2, 0.25) is 0 Å². The number of ether oxygens (including phenoxy) is 1. The van der Waals surface area contributed by atoms with Crippen molar-refractivity contribution in [1.29, 1.82) is 0 Å². The molecule has 0 spiro atoms. The van der Waals surface area contributed by atoms with E-state index < -0.39 is 0 Å². The van der Waals surface area contributed by atoms with Gasteiger partial charge >= 0.3 is 5.69 Å². The zero-order valence-electron chi connectivity index (χ0n) is 9.14. The number of hydrogen-bond acceptors (Lipinski definition) is 2. The molecule has 0 bridgehead atoms. The second-order valence-electron chi connectivity index (χ2n) is 3.52. The smallest absolute Gasteiger partial charge is 0.325 e. The average Bonchev–Trinajstić information content (AvgIpc) is 2.72. The molecule has 0 unspecified atom stereocenters. The molecule has 0 radical (unpaired) electrons. The standard InChI is InChI=1S/C12H14N2O2/c1-16-11-5-3-2-4-10(11)6-8-14-9-7-13-12(14)15/h2-5,7,9H,6,8H2,1H3,(H,13,15). The van der Waals surface area contributed by atoms with E-state index in [9.17, 15) is 4.79 Å². The third kappa shape index (κ3) is 2.16. The van der Waals surface area contributed by atoms with Crippen LogP contribution >= 0.6 is 0 Å². The number of nitrogens with zero attached hydrogens (tertiary/aromatic N) is 1. The van der Waals surface area contributed by atoms with Crippen LogP contribution in [-0.2, 0) is 13.0 Å². The van der Waals surface area contributed by atoms with Gasteiger partial charge in [0.05, 0.1) is 7.11 Å². The van der Waals surface area contributed by atoms with Gasteiger partial charge in [-0.2, -0.15) is 0 Å². The summed E-state index contributed by atoms with van der Waals surface area (Å²) in [7, 11) is 1.65. The van der Waals surface area contributed by atoms with Gasteiger partial charge in [-0.15, -0.1) is 0 Å². The van der Waals surface area contributed by atoms with E-state index >= 15 is 0 Å². The molecule has 0 aliphatic heterocycles. The first-order valence-corrected chi connectivity index (χ1v) is 5.17. The third-order valence-corrected chi connectivity index (χ3v) is 2.54. The fraction of sp³-hybridized carbons (Fsp3) is 0.250. The minimum absolute atomic E-state index is 0.0742. The van der Waals surface area contributed by atoms with E-state index in [1.54, 1.807) is 24.1 Å². The molecule has 4 nitrogen and oxygen atoms in total. The zero-order valence-corrected chi connectivity index (χ0v) is 9.14. The van der Waals surface area contributed by atoms with Gasteiger partial charge in [-0.3, -0.25) is 4.57 Å². The van der Waals surface area contributed by atoms with Gasteiger partial charge in [0.25, 0.3) is 0 Å². The van der Waals surface area contributed by atoms with Crippen LogP contribution in [0.4, 0.5) is 0 Å². The van der Waals surface area contributed by atoms with E-state index in [0.717, 1.165) is 17.7 Å². The Labute approximate surface area is 93.5 Å². The molecule has 0 saturated heterocycles. The Balaban J connectivity index is 2.10. The summed E-state index contributed by atoms with van der Waals surface area (Å²) in [5.74, 6) is 0.867. The number of nitrogens with one attached hydrogen (secondary N) is 1. The summed E-state index contributed by atoms with van der Waals surface area (Å²) in [5, 5.41) is 0. The number of para-hydroxylation sites is 1. The van der Waals surface area contributed by atoms with Crippen molar-refractivity contribution in [2.24, 2.45) is 0 Å². The molecule has 1 heterocycles. The van der Waals surface area contributed by atoms with Crippen LogP contribution in [0, 0.1) is 0 Å². The molecule has 0 atom stereocenters. The summed E-state index contributed by atoms with van der Waals surface area (Å²) >= 11 is 0. The molecule has 0 aliphatic rings. The van der Waals surface area contributed by atoms with Gasteiger partial charge in [-0.05, 0) is 18.1 Å². The number of aromatic nitrogens is 2. The van der Waals surface area contributed by atoms with Crippen molar-refractivity contribution in [3.63, 3.8) is 0 Å². The van der Waals surface area contributed by atoms with Crippen molar-refractivity contribution in [3.8, 4) is 5.75 Å². The fourth-order valence-electron chi connectivity index (χ4n) is 1.68. The monoisotopic (exact) mass is 218 g/mol. The number of hydrogen-bond donors (Lipinski definition) is 1. The number of aryl methyl sites for hydroxylation is 2. The summed E-state index contributed by atoms with van der Waals surface area (Å²) in [5.41, 5.74) is 1.04. The molecule has 1 aromatic heterocycles. The molecule has 0 aliphatic carbocycles. The Morgan fingerprint density at radius 1 is 1.38 bits per heavy atom. The highest BCUT2D eigenvalue weighted by atomic mass is 16.5. The Bertz CT molecular complexity index is 513. The second kappa shape index (κ2) is 4.70. The van der Waals surface area contributed by atoms with Crippen LogP contribution in [0.15, 0.2) is 41.5 Å². The van der Waals surface area contributed by atoms with E-state index in [0.29, 0.717) is 6.54 Å². The van der Waals surface area contributed by atoms with E-state index in [-0.39, 0.29) is 5.69 Å². The van der Waals surface area contributed by atoms with E-state index in [4.69, 9.17) is 4.74 Å². The highest BCUT2D eigenvalue weighted by Crippen LogP contribution is 2.17. The van der Waals surface area contributed by atoms with Gasteiger partial charge in [-0.1, -0.05) is 18.2 Å². The van der Waals surface area contributed by atoms with Crippen molar-refractivity contribution in [1.82, 2.24) is 9.55 Å². The van der Waals surface area contributed by atoms with Gasteiger partial charge in [0, 0.05) is 18.9 Å². The molecular formula is C12H14N2O2. The highest BCUT2D eigenvalue weighted by Gasteiger charge is 2.02. The Morgan fingerprint density at radius 2 is 2.19 bits per heavy atom. The average molecular weight is 218 g/mol. The van der Waals surface area contributed by atoms with Crippen molar-refractivity contribution in [2.45, 2.75) is 13.0 Å². The van der Waals surface area contributed by atoms with Crippen LogP contribution < -0.4 is 10.4 Å². The van der Waals surface area contributed by atoms with Crippen molar-refractivity contribution < 1.29 is 4.74 Å². The maximum atomic E-state index is 11.3. The predicted octanol–water partition coefficient (Wildman–Crippen LogP) is 1.43. The molecule has 2 aromatic rings. The van der Waals surface area contributed by atoms with Crippen LogP contribution in [-0.4, -0.2) is 16.7 Å². The molecular weight excluding hydrogens is 204 g/mol. The number of rotatable bonds is 4. The number of aromatic amines is 1. The van der Waals surface area contributed by atoms with Gasteiger partial charge < -0.3 is 9.72 Å². The number of imidazole rings is 1. The lowest BCUT2D eigenvalue weighted by Crippen LogP contribution is -2.17. The Hall–Kier alpha value is -1.97. The van der Waals surface area contributed by atoms with Crippen LogP contribution in [0.3, 0.4) is 0 Å². The lowest BCUT2D eigenvalue weighted by atomic mass is 10.1. The molecule has 0 fully saturated rings. The molecule has 0 saturated carbocycles. The topological polar surface area (TPSA) is 47.0 Å². The lowest BCUT2D eigenvalue weighted by molar-refractivity contribution is 0.408. The van der Waals surface area contributed by atoms with Crippen LogP contribution in [0.2, 0.25) is 0 Å². The summed E-state index contributed by atoms with van der Waals surface area (Å²) in [6.07, 6.45) is 4.17. The molecule has 1 aromatic carbocycles. The SMILES string of the molecule is COc1ccccc1CCn1cc[nH]c1=O. The van der Waals surface area contributed by atoms with Crippen molar-refractivity contribution in [2.75, 3.05) is 7.11 Å². The van der Waals surface area contributed by atoms with Crippen LogP contribution in [0.1, 0.15) is 5.56 Å². The minimum Gasteiger partial charge on any atom is -0.496 e. The minimum atomic E-state index is -0.0742. The molecule has 84 valence electrons. The lowest BCUT2D eigenvalue weighted by Gasteiger charge is -2.07. The molecule has 1 N–H and O–H groups in total. The van der Waals surface area contributed by atoms with Crippen LogP contribution in [0.25, 0.3) is 0 Å². The first-order valence-electron chi connectivity index (χ1n) is 5.17. The van der Waals surface area contributed by atoms with Gasteiger partial charge in [0.15, 0.2) is 0 Å². The van der Waals surface area contributed by atoms with Crippen molar-refractivity contribution >= 4 is 0 Å². The summed E-state index contributed by atoms with van der Waals surface area (Å²) in [6.45, 7) is 0.655.